The Hall–Kier alpha value is -4.35. The minimum atomic E-state index is -4.68. The number of hydroxylamine groups is 2. The summed E-state index contributed by atoms with van der Waals surface area (Å²) < 4.78 is 61.6. The molecule has 2 aromatic rings. The lowest BCUT2D eigenvalue weighted by Gasteiger charge is -2.50. The van der Waals surface area contributed by atoms with E-state index in [0.29, 0.717) is 36.8 Å². The van der Waals surface area contributed by atoms with Crippen molar-refractivity contribution in [1.29, 1.82) is 0 Å². The molecule has 2 bridgehead atoms. The molecule has 0 aromatic heterocycles. The smallest absolute Gasteiger partial charge is 0.422 e. The van der Waals surface area contributed by atoms with Crippen LogP contribution < -0.4 is 5.32 Å². The Bertz CT molecular complexity index is 1810. The van der Waals surface area contributed by atoms with Gasteiger partial charge in [-0.25, -0.2) is 4.79 Å². The maximum Gasteiger partial charge on any atom is 0.422 e. The molecule has 1 saturated carbocycles. The van der Waals surface area contributed by atoms with E-state index in [1.54, 1.807) is 24.3 Å². The molecular formula is C37H38F3N3O10. The average molecular weight is 742 g/mol. The van der Waals surface area contributed by atoms with E-state index in [1.807, 2.05) is 24.3 Å². The van der Waals surface area contributed by atoms with Gasteiger partial charge in [-0.1, -0.05) is 48.5 Å². The van der Waals surface area contributed by atoms with Gasteiger partial charge in [0.25, 0.3) is 0 Å². The molecule has 53 heavy (non-hydrogen) atoms. The van der Waals surface area contributed by atoms with Gasteiger partial charge >= 0.3 is 18.1 Å². The summed E-state index contributed by atoms with van der Waals surface area (Å²) in [6.07, 6.45) is -4.09. The minimum Gasteiger partial charge on any atom is -0.458 e. The second-order valence-corrected chi connectivity index (χ2v) is 14.3. The van der Waals surface area contributed by atoms with Gasteiger partial charge in [-0.3, -0.25) is 19.2 Å². The molecule has 1 spiro atoms. The van der Waals surface area contributed by atoms with Gasteiger partial charge in [0, 0.05) is 38.4 Å². The molecule has 0 radical (unpaired) electrons. The maximum absolute atomic E-state index is 15.1. The Balaban J connectivity index is 1.13. The summed E-state index contributed by atoms with van der Waals surface area (Å²) in [5, 5.41) is 13.4. The van der Waals surface area contributed by atoms with Crippen LogP contribution in [-0.4, -0.2) is 114 Å². The first-order valence-corrected chi connectivity index (χ1v) is 17.7. The molecule has 6 aliphatic rings. The number of rotatable bonds is 9. The van der Waals surface area contributed by atoms with E-state index in [9.17, 15) is 32.7 Å². The zero-order chi connectivity index (χ0) is 37.1. The van der Waals surface area contributed by atoms with Crippen molar-refractivity contribution in [2.45, 2.75) is 87.1 Å². The highest BCUT2D eigenvalue weighted by Gasteiger charge is 2.77. The van der Waals surface area contributed by atoms with Crippen LogP contribution in [0.4, 0.5) is 13.2 Å². The lowest BCUT2D eigenvalue weighted by Crippen LogP contribution is -2.70. The van der Waals surface area contributed by atoms with E-state index >= 15 is 4.79 Å². The molecule has 0 unspecified atom stereocenters. The van der Waals surface area contributed by atoms with Crippen LogP contribution in [0.25, 0.3) is 6.08 Å². The third kappa shape index (κ3) is 6.29. The number of fused-ring (bicyclic) bond motifs is 5. The van der Waals surface area contributed by atoms with Crippen LogP contribution in [-0.2, 0) is 62.3 Å². The highest BCUT2D eigenvalue weighted by Crippen LogP contribution is 2.59. The van der Waals surface area contributed by atoms with Crippen LogP contribution >= 0.6 is 0 Å². The average Bonchev–Trinajstić information content (AvgIpc) is 3.92. The number of carbonyl (C=O) groups excluding carboxylic acids is 4. The zero-order valence-electron chi connectivity index (χ0n) is 28.5. The predicted molar refractivity (Wildman–Crippen MR) is 175 cm³/mol. The van der Waals surface area contributed by atoms with E-state index in [4.69, 9.17) is 19.0 Å². The second kappa shape index (κ2) is 13.5. The van der Waals surface area contributed by atoms with E-state index in [-0.39, 0.29) is 32.7 Å². The van der Waals surface area contributed by atoms with Crippen molar-refractivity contribution in [1.82, 2.24) is 15.3 Å². The van der Waals surface area contributed by atoms with Gasteiger partial charge in [-0.2, -0.15) is 18.2 Å². The fourth-order valence-electron chi connectivity index (χ4n) is 8.95. The third-order valence-electron chi connectivity index (χ3n) is 11.1. The van der Waals surface area contributed by atoms with Crippen molar-refractivity contribution >= 4 is 29.8 Å². The van der Waals surface area contributed by atoms with E-state index in [1.165, 1.54) is 16.0 Å². The Morgan fingerprint density at radius 1 is 1.04 bits per heavy atom. The molecule has 8 rings (SSSR count). The topological polar surface area (TPSA) is 153 Å². The molecule has 5 fully saturated rings. The van der Waals surface area contributed by atoms with Crippen molar-refractivity contribution in [2.75, 3.05) is 26.3 Å². The number of benzene rings is 2. The molecule has 4 saturated heterocycles. The fourth-order valence-corrected chi connectivity index (χ4v) is 8.95. The Labute approximate surface area is 301 Å². The van der Waals surface area contributed by atoms with E-state index < -0.39 is 84.2 Å². The first kappa shape index (κ1) is 35.7. The highest BCUT2D eigenvalue weighted by molar-refractivity contribution is 5.96. The fraction of sp³-hybridized carbons (Fsp3) is 0.514. The number of ether oxygens (including phenoxy) is 4. The van der Waals surface area contributed by atoms with Crippen molar-refractivity contribution in [2.24, 2.45) is 5.41 Å². The SMILES string of the molecule is O=C(C=Cc1ccccc1CN1O[C@@H]2[C@H]3OC4(Cc5ccccc5C4)O[C@H]3[C@H]3C[C@]2(C(=O)N2CCC[C@@H]2C(=O)NCCO)[C@@H]1C(=O)O3)OCC(F)(F)F. The zero-order valence-corrected chi connectivity index (χ0v) is 28.5. The number of hydrogen-bond acceptors (Lipinski definition) is 11. The van der Waals surface area contributed by atoms with Gasteiger partial charge in [0.05, 0.1) is 13.2 Å². The van der Waals surface area contributed by atoms with Crippen LogP contribution in [0.5, 0.6) is 0 Å². The summed E-state index contributed by atoms with van der Waals surface area (Å²) in [5.74, 6) is -3.83. The molecule has 7 atom stereocenters. The molecule has 2 aromatic carbocycles. The molecule has 2 N–H and O–H groups in total. The molecular weight excluding hydrogens is 703 g/mol. The summed E-state index contributed by atoms with van der Waals surface area (Å²) in [5.41, 5.74) is 1.52. The number of nitrogens with zero attached hydrogens (tertiary/aromatic N) is 2. The van der Waals surface area contributed by atoms with Gasteiger partial charge in [0.2, 0.25) is 11.8 Å². The number of nitrogens with one attached hydrogen (secondary N) is 1. The normalized spacial score (nSPS) is 31.1. The summed E-state index contributed by atoms with van der Waals surface area (Å²) in [6, 6.07) is 12.5. The number of alkyl halides is 3. The van der Waals surface area contributed by atoms with Crippen molar-refractivity contribution in [3.05, 3.63) is 76.9 Å². The lowest BCUT2D eigenvalue weighted by molar-refractivity contribution is -0.218. The van der Waals surface area contributed by atoms with Gasteiger partial charge < -0.3 is 34.3 Å². The number of esters is 2. The number of likely N-dealkylation sites (tertiary alicyclic amines) is 1. The van der Waals surface area contributed by atoms with Crippen LogP contribution in [0, 0.1) is 5.41 Å². The van der Waals surface area contributed by atoms with Gasteiger partial charge in [-0.05, 0) is 41.2 Å². The van der Waals surface area contributed by atoms with Gasteiger partial charge in [0.15, 0.2) is 18.4 Å². The first-order valence-electron chi connectivity index (χ1n) is 17.7. The van der Waals surface area contributed by atoms with Crippen LogP contribution in [0.3, 0.4) is 0 Å². The second-order valence-electron chi connectivity index (χ2n) is 14.3. The molecule has 4 heterocycles. The number of aliphatic hydroxyl groups is 1. The van der Waals surface area contributed by atoms with Crippen LogP contribution in [0.15, 0.2) is 54.6 Å². The molecule has 2 aliphatic carbocycles. The summed E-state index contributed by atoms with van der Waals surface area (Å²) in [6.45, 7) is -1.81. The largest absolute Gasteiger partial charge is 0.458 e. The first-order chi connectivity index (χ1) is 25.4. The Morgan fingerprint density at radius 2 is 1.75 bits per heavy atom. The molecule has 2 amide bonds. The van der Waals surface area contributed by atoms with Gasteiger partial charge in [0.1, 0.15) is 35.9 Å². The molecule has 16 heteroatoms. The van der Waals surface area contributed by atoms with Gasteiger partial charge in [-0.15, -0.1) is 0 Å². The quantitative estimate of drug-likeness (QED) is 0.287. The Kier molecular flexibility index (Phi) is 9.08. The number of aliphatic hydroxyl groups excluding tert-OH is 1. The summed E-state index contributed by atoms with van der Waals surface area (Å²) >= 11 is 0. The summed E-state index contributed by atoms with van der Waals surface area (Å²) in [4.78, 5) is 62.8. The number of amides is 2. The number of hydrogen-bond donors (Lipinski definition) is 2. The van der Waals surface area contributed by atoms with Crippen molar-refractivity contribution in [3.63, 3.8) is 0 Å². The number of halogens is 3. The van der Waals surface area contributed by atoms with Crippen LogP contribution in [0.2, 0.25) is 0 Å². The summed E-state index contributed by atoms with van der Waals surface area (Å²) in [7, 11) is 0. The predicted octanol–water partition coefficient (Wildman–Crippen LogP) is 1.98. The maximum atomic E-state index is 15.1. The lowest BCUT2D eigenvalue weighted by atomic mass is 9.62. The third-order valence-corrected chi connectivity index (χ3v) is 11.1. The van der Waals surface area contributed by atoms with E-state index in [2.05, 4.69) is 10.1 Å². The highest BCUT2D eigenvalue weighted by atomic mass is 19.4. The molecule has 13 nitrogen and oxygen atoms in total. The minimum absolute atomic E-state index is 0.0202. The molecule has 4 aliphatic heterocycles. The van der Waals surface area contributed by atoms with E-state index in [0.717, 1.165) is 17.2 Å². The Morgan fingerprint density at radius 3 is 2.49 bits per heavy atom. The van der Waals surface area contributed by atoms with Crippen molar-refractivity contribution < 1.29 is 61.2 Å². The number of carbonyl (C=O) groups is 4. The van der Waals surface area contributed by atoms with Crippen molar-refractivity contribution in [3.8, 4) is 0 Å². The standard InChI is InChI=1S/C37H38F3N3O10/c38-37(39,40)20-49-27(45)12-11-21-6-1-4-9-24(21)19-43-30-33(47)50-26-18-36(30,34(48)42-14-5-10-25(42)32(46)41-13-15-44)31(53-43)29-28(26)51-35(52-29)16-22-7-2-3-8-23(22)17-35/h1-4,6-9,11-12,25-26,28-31,44H,5,10,13-20H2,(H,41,46)/t25-,26-,28+,29+,30+,31-,36+/m1/s1. The van der Waals surface area contributed by atoms with Crippen LogP contribution in [0.1, 0.15) is 41.5 Å². The molecule has 282 valence electrons. The monoisotopic (exact) mass is 741 g/mol.